The minimum absolute atomic E-state index is 0.0230. The molecule has 0 aliphatic carbocycles. The third-order valence-electron chi connectivity index (χ3n) is 5.96. The van der Waals surface area contributed by atoms with Crippen molar-refractivity contribution in [2.75, 3.05) is 25.0 Å². The van der Waals surface area contributed by atoms with Crippen molar-refractivity contribution in [3.05, 3.63) is 81.5 Å². The van der Waals surface area contributed by atoms with Crippen LogP contribution in [-0.2, 0) is 23.0 Å². The summed E-state index contributed by atoms with van der Waals surface area (Å²) in [6.45, 7) is 5.51. The highest BCUT2D eigenvalue weighted by molar-refractivity contribution is 7.89. The highest BCUT2D eigenvalue weighted by Crippen LogP contribution is 2.25. The Morgan fingerprint density at radius 1 is 1.03 bits per heavy atom. The molecule has 1 aliphatic rings. The van der Waals surface area contributed by atoms with E-state index >= 15 is 0 Å². The van der Waals surface area contributed by atoms with E-state index < -0.39 is 10.0 Å². The van der Waals surface area contributed by atoms with Gasteiger partial charge < -0.3 is 10.2 Å². The lowest BCUT2D eigenvalue weighted by atomic mass is 9.98. The molecule has 1 N–H and O–H groups in total. The van der Waals surface area contributed by atoms with E-state index in [1.54, 1.807) is 13.8 Å². The van der Waals surface area contributed by atoms with Crippen LogP contribution in [0.2, 0.25) is 0 Å². The average molecular weight is 498 g/mol. The van der Waals surface area contributed by atoms with Crippen molar-refractivity contribution in [1.82, 2.24) is 9.21 Å². The Hall–Kier alpha value is -3.01. The van der Waals surface area contributed by atoms with Gasteiger partial charge in [-0.1, -0.05) is 26.0 Å². The number of sulfonamides is 1. The van der Waals surface area contributed by atoms with Crippen LogP contribution in [0, 0.1) is 0 Å². The molecule has 3 aromatic rings. The molecule has 9 heteroatoms. The number of anilines is 1. The summed E-state index contributed by atoms with van der Waals surface area (Å²) in [5.41, 5.74) is 3.17. The lowest BCUT2D eigenvalue weighted by Gasteiger charge is -2.29. The number of carbonyl (C=O) groups excluding carboxylic acids is 2. The van der Waals surface area contributed by atoms with Crippen molar-refractivity contribution in [3.8, 4) is 0 Å². The number of amides is 2. The third-order valence-corrected chi connectivity index (χ3v) is 8.88. The van der Waals surface area contributed by atoms with Crippen LogP contribution in [0.1, 0.15) is 45.0 Å². The molecule has 178 valence electrons. The van der Waals surface area contributed by atoms with Gasteiger partial charge in [-0.15, -0.1) is 11.3 Å². The first-order valence-electron chi connectivity index (χ1n) is 11.2. The normalized spacial score (nSPS) is 13.6. The molecular formula is C25H27N3O4S2. The Morgan fingerprint density at radius 3 is 2.41 bits per heavy atom. The molecule has 34 heavy (non-hydrogen) atoms. The third kappa shape index (κ3) is 4.91. The first-order valence-corrected chi connectivity index (χ1v) is 13.5. The second-order valence-corrected chi connectivity index (χ2v) is 10.9. The van der Waals surface area contributed by atoms with Crippen molar-refractivity contribution in [3.63, 3.8) is 0 Å². The molecule has 4 rings (SSSR count). The van der Waals surface area contributed by atoms with Crippen LogP contribution < -0.4 is 5.32 Å². The van der Waals surface area contributed by atoms with Crippen LogP contribution in [0.15, 0.2) is 64.9 Å². The van der Waals surface area contributed by atoms with Crippen molar-refractivity contribution in [2.45, 2.75) is 31.7 Å². The molecule has 0 spiro atoms. The minimum atomic E-state index is -3.57. The maximum absolute atomic E-state index is 12.8. The van der Waals surface area contributed by atoms with E-state index in [1.165, 1.54) is 45.5 Å². The molecule has 0 saturated heterocycles. The molecule has 2 amide bonds. The molecule has 0 unspecified atom stereocenters. The van der Waals surface area contributed by atoms with Gasteiger partial charge in [0.2, 0.25) is 10.0 Å². The highest BCUT2D eigenvalue weighted by atomic mass is 32.2. The van der Waals surface area contributed by atoms with E-state index in [1.807, 2.05) is 40.6 Å². The zero-order valence-electron chi connectivity index (χ0n) is 19.2. The Labute approximate surface area is 204 Å². The van der Waals surface area contributed by atoms with Gasteiger partial charge in [0, 0.05) is 37.4 Å². The van der Waals surface area contributed by atoms with E-state index in [4.69, 9.17) is 0 Å². The number of nitrogens with zero attached hydrogens (tertiary/aromatic N) is 2. The van der Waals surface area contributed by atoms with Gasteiger partial charge in [0.25, 0.3) is 11.8 Å². The van der Waals surface area contributed by atoms with Crippen molar-refractivity contribution >= 4 is 38.9 Å². The summed E-state index contributed by atoms with van der Waals surface area (Å²) in [5, 5.41) is 4.78. The maximum Gasteiger partial charge on any atom is 0.264 e. The topological polar surface area (TPSA) is 86.8 Å². The summed E-state index contributed by atoms with van der Waals surface area (Å²) < 4.78 is 26.7. The average Bonchev–Trinajstić information content (AvgIpc) is 3.39. The number of hydrogen-bond donors (Lipinski definition) is 1. The van der Waals surface area contributed by atoms with Crippen LogP contribution in [0.4, 0.5) is 5.69 Å². The molecule has 0 saturated carbocycles. The predicted octanol–water partition coefficient (Wildman–Crippen LogP) is 4.23. The Balaban J connectivity index is 1.46. The van der Waals surface area contributed by atoms with E-state index in [-0.39, 0.29) is 16.7 Å². The maximum atomic E-state index is 12.8. The van der Waals surface area contributed by atoms with Gasteiger partial charge in [-0.2, -0.15) is 4.31 Å². The molecule has 0 fully saturated rings. The molecule has 2 aromatic carbocycles. The van der Waals surface area contributed by atoms with E-state index in [0.717, 1.165) is 16.9 Å². The van der Waals surface area contributed by atoms with Crippen LogP contribution in [0.3, 0.4) is 0 Å². The standard InChI is InChI=1S/C25H27N3O4S2/c1-3-28(4-2)34(31,32)22-11-8-19(9-12-22)24(29)26-21-10-7-18-13-14-27(17-20(18)16-21)25(30)23-6-5-15-33-23/h5-12,15-16H,3-4,13-14,17H2,1-2H3,(H,26,29). The monoisotopic (exact) mass is 497 g/mol. The van der Waals surface area contributed by atoms with Gasteiger partial charge in [0.15, 0.2) is 0 Å². The smallest absolute Gasteiger partial charge is 0.264 e. The molecule has 1 aliphatic heterocycles. The first kappa shape index (κ1) is 24.1. The van der Waals surface area contributed by atoms with Gasteiger partial charge in [0.05, 0.1) is 9.77 Å². The summed E-state index contributed by atoms with van der Waals surface area (Å²) in [7, 11) is -3.57. The molecule has 1 aromatic heterocycles. The van der Waals surface area contributed by atoms with E-state index in [0.29, 0.717) is 37.4 Å². The number of carbonyl (C=O) groups is 2. The fraction of sp³-hybridized carbons (Fsp3) is 0.280. The fourth-order valence-electron chi connectivity index (χ4n) is 4.06. The summed E-state index contributed by atoms with van der Waals surface area (Å²) in [6.07, 6.45) is 0.767. The Kier molecular flexibility index (Phi) is 7.16. The van der Waals surface area contributed by atoms with E-state index in [9.17, 15) is 18.0 Å². The van der Waals surface area contributed by atoms with Crippen molar-refractivity contribution in [2.24, 2.45) is 0 Å². The second kappa shape index (κ2) is 10.1. The summed E-state index contributed by atoms with van der Waals surface area (Å²) in [6, 6.07) is 15.4. The molecule has 0 bridgehead atoms. The Bertz CT molecular complexity index is 1280. The van der Waals surface area contributed by atoms with Crippen molar-refractivity contribution in [1.29, 1.82) is 0 Å². The Morgan fingerprint density at radius 2 is 1.76 bits per heavy atom. The van der Waals surface area contributed by atoms with Gasteiger partial charge in [-0.25, -0.2) is 8.42 Å². The number of fused-ring (bicyclic) bond motifs is 1. The van der Waals surface area contributed by atoms with Crippen molar-refractivity contribution < 1.29 is 18.0 Å². The van der Waals surface area contributed by atoms with Crippen LogP contribution in [0.5, 0.6) is 0 Å². The fourth-order valence-corrected chi connectivity index (χ4v) is 6.21. The van der Waals surface area contributed by atoms with Gasteiger partial charge in [0.1, 0.15) is 0 Å². The van der Waals surface area contributed by atoms with Crippen LogP contribution in [-0.4, -0.2) is 49.1 Å². The minimum Gasteiger partial charge on any atom is -0.333 e. The summed E-state index contributed by atoms with van der Waals surface area (Å²) in [4.78, 5) is 28.2. The van der Waals surface area contributed by atoms with Crippen LogP contribution in [0.25, 0.3) is 0 Å². The van der Waals surface area contributed by atoms with E-state index in [2.05, 4.69) is 5.32 Å². The van der Waals surface area contributed by atoms with Crippen LogP contribution >= 0.6 is 11.3 Å². The number of thiophene rings is 1. The molecule has 7 nitrogen and oxygen atoms in total. The largest absolute Gasteiger partial charge is 0.333 e. The molecule has 0 radical (unpaired) electrons. The SMILES string of the molecule is CCN(CC)S(=O)(=O)c1ccc(C(=O)Nc2ccc3c(c2)CN(C(=O)c2cccs2)CC3)cc1. The number of hydrogen-bond acceptors (Lipinski definition) is 5. The predicted molar refractivity (Wildman–Crippen MR) is 134 cm³/mol. The quantitative estimate of drug-likeness (QED) is 0.529. The van der Waals surface area contributed by atoms with Gasteiger partial charge >= 0.3 is 0 Å². The van der Waals surface area contributed by atoms with Gasteiger partial charge in [-0.05, 0) is 65.4 Å². The lowest BCUT2D eigenvalue weighted by Crippen LogP contribution is -2.35. The second-order valence-electron chi connectivity index (χ2n) is 8.01. The van der Waals surface area contributed by atoms with Gasteiger partial charge in [-0.3, -0.25) is 9.59 Å². The highest BCUT2D eigenvalue weighted by Gasteiger charge is 2.24. The zero-order chi connectivity index (χ0) is 24.3. The number of nitrogens with one attached hydrogen (secondary N) is 1. The molecule has 2 heterocycles. The molecular weight excluding hydrogens is 470 g/mol. The number of benzene rings is 2. The first-order chi connectivity index (χ1) is 16.3. The summed E-state index contributed by atoms with van der Waals surface area (Å²) in [5.74, 6) is -0.302. The molecule has 0 atom stereocenters. The summed E-state index contributed by atoms with van der Waals surface area (Å²) >= 11 is 1.43. The number of rotatable bonds is 7. The lowest BCUT2D eigenvalue weighted by molar-refractivity contribution is 0.0739. The zero-order valence-corrected chi connectivity index (χ0v) is 20.8.